The van der Waals surface area contributed by atoms with Gasteiger partial charge in [-0.2, -0.15) is 4.72 Å². The zero-order valence-electron chi connectivity index (χ0n) is 15.5. The zero-order valence-corrected chi connectivity index (χ0v) is 16.3. The number of carbonyl (C=O) groups excluding carboxylic acids is 2. The Morgan fingerprint density at radius 3 is 2.68 bits per heavy atom. The second kappa shape index (κ2) is 8.11. The lowest BCUT2D eigenvalue weighted by Gasteiger charge is -2.27. The lowest BCUT2D eigenvalue weighted by atomic mass is 10.1. The van der Waals surface area contributed by atoms with Gasteiger partial charge in [-0.15, -0.1) is 0 Å². The maximum absolute atomic E-state index is 13.1. The van der Waals surface area contributed by atoms with E-state index >= 15 is 0 Å². The van der Waals surface area contributed by atoms with Crippen LogP contribution in [0.5, 0.6) is 0 Å². The van der Waals surface area contributed by atoms with E-state index in [4.69, 9.17) is 5.73 Å². The van der Waals surface area contributed by atoms with Crippen LogP contribution in [0.4, 0.5) is 0 Å². The number of primary amides is 1. The fraction of sp³-hybridized carbons (Fsp3) is 0.389. The molecule has 0 spiro atoms. The fourth-order valence-corrected chi connectivity index (χ4v) is 4.48. The fourth-order valence-electron chi connectivity index (χ4n) is 3.29. The van der Waals surface area contributed by atoms with Crippen molar-refractivity contribution in [2.45, 2.75) is 43.2 Å². The van der Waals surface area contributed by atoms with E-state index in [1.54, 1.807) is 12.1 Å². The molecule has 0 aliphatic carbocycles. The van der Waals surface area contributed by atoms with Gasteiger partial charge in [0.25, 0.3) is 0 Å². The van der Waals surface area contributed by atoms with Gasteiger partial charge in [-0.25, -0.2) is 13.4 Å². The number of benzene rings is 1. The zero-order chi connectivity index (χ0) is 20.3. The number of H-pyrrole nitrogens is 1. The molecule has 0 unspecified atom stereocenters. The predicted molar refractivity (Wildman–Crippen MR) is 102 cm³/mol. The van der Waals surface area contributed by atoms with E-state index in [-0.39, 0.29) is 11.3 Å². The van der Waals surface area contributed by atoms with Crippen LogP contribution in [-0.2, 0) is 26.0 Å². The maximum Gasteiger partial charge on any atom is 0.241 e. The highest BCUT2D eigenvalue weighted by molar-refractivity contribution is 7.89. The number of nitrogens with two attached hydrogens (primary N) is 1. The minimum Gasteiger partial charge on any atom is -0.368 e. The molecule has 9 nitrogen and oxygen atoms in total. The first-order chi connectivity index (χ1) is 13.3. The van der Waals surface area contributed by atoms with Gasteiger partial charge in [0.05, 0.1) is 11.2 Å². The van der Waals surface area contributed by atoms with Crippen molar-refractivity contribution in [2.24, 2.45) is 5.73 Å². The van der Waals surface area contributed by atoms with Gasteiger partial charge in [0.2, 0.25) is 21.8 Å². The molecule has 3 rings (SSSR count). The van der Waals surface area contributed by atoms with Crippen molar-refractivity contribution in [3.05, 3.63) is 48.0 Å². The Labute approximate surface area is 163 Å². The van der Waals surface area contributed by atoms with E-state index in [0.717, 1.165) is 5.56 Å². The van der Waals surface area contributed by atoms with E-state index in [0.29, 0.717) is 25.1 Å². The monoisotopic (exact) mass is 405 g/mol. The molecule has 1 aromatic carbocycles. The summed E-state index contributed by atoms with van der Waals surface area (Å²) >= 11 is 0. The third-order valence-corrected chi connectivity index (χ3v) is 6.26. The number of aromatic nitrogens is 2. The number of hydrogen-bond donors (Lipinski definition) is 3. The second-order valence-corrected chi connectivity index (χ2v) is 8.57. The third kappa shape index (κ3) is 4.39. The number of hydrogen-bond acceptors (Lipinski definition) is 5. The molecule has 1 aliphatic rings. The van der Waals surface area contributed by atoms with E-state index in [1.807, 2.05) is 6.92 Å². The summed E-state index contributed by atoms with van der Waals surface area (Å²) in [4.78, 5) is 33.0. The molecule has 4 N–H and O–H groups in total. The molecule has 28 heavy (non-hydrogen) atoms. The van der Waals surface area contributed by atoms with Crippen LogP contribution >= 0.6 is 0 Å². The van der Waals surface area contributed by atoms with Gasteiger partial charge in [0.15, 0.2) is 0 Å². The van der Waals surface area contributed by atoms with E-state index in [9.17, 15) is 18.0 Å². The van der Waals surface area contributed by atoms with Crippen LogP contribution in [0.3, 0.4) is 0 Å². The summed E-state index contributed by atoms with van der Waals surface area (Å²) in [6.07, 6.45) is 4.17. The summed E-state index contributed by atoms with van der Waals surface area (Å²) in [5, 5.41) is 0. The van der Waals surface area contributed by atoms with Crippen LogP contribution < -0.4 is 10.5 Å². The Morgan fingerprint density at radius 1 is 1.36 bits per heavy atom. The number of nitrogens with zero attached hydrogens (tertiary/aromatic N) is 2. The topological polar surface area (TPSA) is 138 Å². The molecule has 0 bridgehead atoms. The number of aromatic amines is 1. The number of amides is 2. The Hall–Kier alpha value is -2.72. The van der Waals surface area contributed by atoms with Gasteiger partial charge in [0.1, 0.15) is 12.1 Å². The van der Waals surface area contributed by atoms with Crippen molar-refractivity contribution in [3.63, 3.8) is 0 Å². The first-order valence-corrected chi connectivity index (χ1v) is 10.4. The lowest BCUT2D eigenvalue weighted by molar-refractivity contribution is -0.138. The molecular formula is C18H23N5O4S. The Balaban J connectivity index is 1.87. The van der Waals surface area contributed by atoms with Crippen molar-refractivity contribution in [2.75, 3.05) is 6.54 Å². The first kappa shape index (κ1) is 20.0. The van der Waals surface area contributed by atoms with E-state index in [1.165, 1.54) is 29.6 Å². The highest BCUT2D eigenvalue weighted by atomic mass is 32.2. The molecule has 1 fully saturated rings. The standard InChI is InChI=1S/C18H23N5O4S/c1-12-4-6-14(7-5-12)28(26,27)22-15(9-13-10-20-11-21-13)18(25)23-8-2-3-16(23)17(19)24/h4-7,10-11,15-16,22H,2-3,8-9H2,1H3,(H2,19,24)(H,20,21)/t15-,16-/m0/s1. The lowest BCUT2D eigenvalue weighted by Crippen LogP contribution is -2.53. The quantitative estimate of drug-likeness (QED) is 0.599. The molecule has 1 saturated heterocycles. The summed E-state index contributed by atoms with van der Waals surface area (Å²) in [5.74, 6) is -1.07. The van der Waals surface area contributed by atoms with Gasteiger partial charge in [-0.05, 0) is 31.9 Å². The van der Waals surface area contributed by atoms with E-state index < -0.39 is 33.9 Å². The molecule has 2 atom stereocenters. The molecule has 2 amide bonds. The molecular weight excluding hydrogens is 382 g/mol. The van der Waals surface area contributed by atoms with Crippen LogP contribution in [0, 0.1) is 6.92 Å². The number of nitrogens with one attached hydrogen (secondary N) is 2. The molecule has 2 heterocycles. The molecule has 10 heteroatoms. The summed E-state index contributed by atoms with van der Waals surface area (Å²) in [5.41, 5.74) is 6.93. The summed E-state index contributed by atoms with van der Waals surface area (Å²) < 4.78 is 28.1. The number of aryl methyl sites for hydroxylation is 1. The number of rotatable bonds is 7. The van der Waals surface area contributed by atoms with Crippen molar-refractivity contribution in [1.29, 1.82) is 0 Å². The van der Waals surface area contributed by atoms with Crippen molar-refractivity contribution in [1.82, 2.24) is 19.6 Å². The minimum absolute atomic E-state index is 0.0633. The van der Waals surface area contributed by atoms with E-state index in [2.05, 4.69) is 14.7 Å². The summed E-state index contributed by atoms with van der Waals surface area (Å²) in [6, 6.07) is 4.52. The highest BCUT2D eigenvalue weighted by Gasteiger charge is 2.37. The molecule has 0 saturated carbocycles. The van der Waals surface area contributed by atoms with Gasteiger partial charge in [-0.3, -0.25) is 9.59 Å². The second-order valence-electron chi connectivity index (χ2n) is 6.86. The first-order valence-electron chi connectivity index (χ1n) is 8.94. The van der Waals surface area contributed by atoms with Gasteiger partial charge in [-0.1, -0.05) is 17.7 Å². The smallest absolute Gasteiger partial charge is 0.241 e. The number of likely N-dealkylation sites (tertiary alicyclic amines) is 1. The normalized spacial score (nSPS) is 18.2. The van der Waals surface area contributed by atoms with Crippen LogP contribution in [0.2, 0.25) is 0 Å². The van der Waals surface area contributed by atoms with Crippen molar-refractivity contribution < 1.29 is 18.0 Å². The van der Waals surface area contributed by atoms with Crippen molar-refractivity contribution >= 4 is 21.8 Å². The van der Waals surface area contributed by atoms with Crippen LogP contribution in [0.1, 0.15) is 24.1 Å². The predicted octanol–water partition coefficient (Wildman–Crippen LogP) is 0.0840. The Bertz CT molecular complexity index is 941. The number of imidazole rings is 1. The summed E-state index contributed by atoms with van der Waals surface area (Å²) in [7, 11) is -3.94. The van der Waals surface area contributed by atoms with Crippen LogP contribution in [-0.4, -0.2) is 53.7 Å². The average Bonchev–Trinajstić information content (AvgIpc) is 3.32. The SMILES string of the molecule is Cc1ccc(S(=O)(=O)N[C@@H](Cc2cnc[nH]2)C(=O)N2CCC[C@H]2C(N)=O)cc1. The van der Waals surface area contributed by atoms with Gasteiger partial charge in [0, 0.05) is 24.9 Å². The third-order valence-electron chi connectivity index (χ3n) is 4.77. The Morgan fingerprint density at radius 2 is 2.07 bits per heavy atom. The van der Waals surface area contributed by atoms with Crippen LogP contribution in [0.15, 0.2) is 41.7 Å². The molecule has 150 valence electrons. The number of sulfonamides is 1. The maximum atomic E-state index is 13.1. The van der Waals surface area contributed by atoms with Crippen molar-refractivity contribution in [3.8, 4) is 0 Å². The number of carbonyl (C=O) groups is 2. The van der Waals surface area contributed by atoms with Gasteiger partial charge < -0.3 is 15.6 Å². The van der Waals surface area contributed by atoms with Crippen LogP contribution in [0.25, 0.3) is 0 Å². The molecule has 1 aliphatic heterocycles. The Kier molecular flexibility index (Phi) is 5.80. The average molecular weight is 405 g/mol. The molecule has 1 aromatic heterocycles. The highest BCUT2D eigenvalue weighted by Crippen LogP contribution is 2.20. The van der Waals surface area contributed by atoms with Gasteiger partial charge >= 0.3 is 0 Å². The molecule has 0 radical (unpaired) electrons. The summed E-state index contributed by atoms with van der Waals surface area (Å²) in [6.45, 7) is 2.21. The largest absolute Gasteiger partial charge is 0.368 e. The molecule has 2 aromatic rings. The minimum atomic E-state index is -3.94.